The van der Waals surface area contributed by atoms with Crippen LogP contribution >= 0.6 is 12.4 Å². The van der Waals surface area contributed by atoms with Crippen LogP contribution in [-0.4, -0.2) is 28.9 Å². The van der Waals surface area contributed by atoms with Gasteiger partial charge in [0.25, 0.3) is 0 Å². The number of hydrogen-bond donors (Lipinski definition) is 3. The average molecular weight is 458 g/mol. The molecule has 8 heteroatoms. The summed E-state index contributed by atoms with van der Waals surface area (Å²) in [5, 5.41) is 13.8. The van der Waals surface area contributed by atoms with Gasteiger partial charge >= 0.3 is 6.03 Å². The van der Waals surface area contributed by atoms with Crippen molar-refractivity contribution in [2.75, 3.05) is 23.7 Å². The second-order valence-corrected chi connectivity index (χ2v) is 8.87. The lowest BCUT2D eigenvalue weighted by Gasteiger charge is -2.14. The van der Waals surface area contributed by atoms with E-state index in [0.717, 1.165) is 37.3 Å². The maximum Gasteiger partial charge on any atom is 0.324 e. The number of benzene rings is 2. The Morgan fingerprint density at radius 3 is 2.50 bits per heavy atom. The van der Waals surface area contributed by atoms with E-state index in [2.05, 4.69) is 48.9 Å². The lowest BCUT2D eigenvalue weighted by atomic mass is 9.92. The molecule has 1 aliphatic heterocycles. The first kappa shape index (κ1) is 23.8. The quantitative estimate of drug-likeness (QED) is 0.514. The molecule has 0 saturated heterocycles. The van der Waals surface area contributed by atoms with Crippen molar-refractivity contribution in [2.24, 2.45) is 0 Å². The van der Waals surface area contributed by atoms with Crippen LogP contribution in [0, 0.1) is 5.82 Å². The van der Waals surface area contributed by atoms with Gasteiger partial charge in [-0.1, -0.05) is 32.9 Å². The number of nitrogens with zero attached hydrogens (tertiary/aromatic N) is 2. The Bertz CT molecular complexity index is 1110. The summed E-state index contributed by atoms with van der Waals surface area (Å²) in [5.41, 5.74) is 4.61. The van der Waals surface area contributed by atoms with Gasteiger partial charge in [0, 0.05) is 17.2 Å². The van der Waals surface area contributed by atoms with E-state index in [9.17, 15) is 9.18 Å². The molecule has 0 spiro atoms. The Morgan fingerprint density at radius 2 is 1.78 bits per heavy atom. The van der Waals surface area contributed by atoms with Gasteiger partial charge in [-0.15, -0.1) is 12.4 Å². The van der Waals surface area contributed by atoms with Crippen LogP contribution in [0.1, 0.15) is 37.6 Å². The first-order chi connectivity index (χ1) is 14.8. The fourth-order valence-electron chi connectivity index (χ4n) is 3.67. The smallest absolute Gasteiger partial charge is 0.316 e. The molecule has 0 atom stereocenters. The zero-order valence-electron chi connectivity index (χ0n) is 18.5. The third-order valence-electron chi connectivity index (χ3n) is 5.38. The van der Waals surface area contributed by atoms with Crippen molar-refractivity contribution >= 4 is 29.9 Å². The van der Waals surface area contributed by atoms with Gasteiger partial charge in [-0.3, -0.25) is 5.32 Å². The maximum atomic E-state index is 13.4. The van der Waals surface area contributed by atoms with Crippen molar-refractivity contribution in [2.45, 2.75) is 39.0 Å². The number of halogens is 2. The van der Waals surface area contributed by atoms with Crippen LogP contribution < -0.4 is 16.0 Å². The minimum absolute atomic E-state index is 0. The maximum absolute atomic E-state index is 13.4. The van der Waals surface area contributed by atoms with E-state index in [1.165, 1.54) is 23.3 Å². The van der Waals surface area contributed by atoms with E-state index in [-0.39, 0.29) is 17.8 Å². The zero-order valence-corrected chi connectivity index (χ0v) is 19.4. The Balaban J connectivity index is 0.00000289. The van der Waals surface area contributed by atoms with E-state index >= 15 is 0 Å². The molecule has 1 aromatic heterocycles. The van der Waals surface area contributed by atoms with Gasteiger partial charge in [0.1, 0.15) is 11.6 Å². The Morgan fingerprint density at radius 1 is 1.03 bits per heavy atom. The predicted molar refractivity (Wildman–Crippen MR) is 129 cm³/mol. The van der Waals surface area contributed by atoms with Crippen LogP contribution in [0.5, 0.6) is 0 Å². The molecule has 1 aliphatic rings. The van der Waals surface area contributed by atoms with Gasteiger partial charge in [-0.05, 0) is 67.4 Å². The van der Waals surface area contributed by atoms with E-state index in [4.69, 9.17) is 5.10 Å². The number of anilines is 2. The van der Waals surface area contributed by atoms with Gasteiger partial charge in [-0.25, -0.2) is 13.9 Å². The van der Waals surface area contributed by atoms with Crippen LogP contribution in [0.25, 0.3) is 5.69 Å². The molecule has 2 aromatic carbocycles. The summed E-state index contributed by atoms with van der Waals surface area (Å²) in [7, 11) is 0. The molecule has 4 rings (SSSR count). The molecule has 0 bridgehead atoms. The topological polar surface area (TPSA) is 71.0 Å². The summed E-state index contributed by atoms with van der Waals surface area (Å²) in [5.74, 6) is 0.155. The molecule has 32 heavy (non-hydrogen) atoms. The average Bonchev–Trinajstić information content (AvgIpc) is 2.98. The Labute approximate surface area is 194 Å². The zero-order chi connectivity index (χ0) is 22.0. The number of nitrogens with one attached hydrogen (secondary N) is 3. The molecule has 2 heterocycles. The second-order valence-electron chi connectivity index (χ2n) is 8.87. The summed E-state index contributed by atoms with van der Waals surface area (Å²) < 4.78 is 15.2. The Kier molecular flexibility index (Phi) is 7.21. The molecule has 0 fully saturated rings. The standard InChI is InChI=1S/C24H28FN5O.ClH/c1-24(2,3)21-15-22(28-23(31)27-19-6-4-5-18(25)14-19)30(29-21)20-8-7-16-9-11-26-12-10-17(16)13-20;/h4-8,13-15,26H,9-12H2,1-3H3,(H2,27,28,31);1H. The predicted octanol–water partition coefficient (Wildman–Crippen LogP) is 5.06. The van der Waals surface area contributed by atoms with Crippen molar-refractivity contribution in [1.29, 1.82) is 0 Å². The minimum atomic E-state index is -0.453. The molecule has 0 saturated carbocycles. The van der Waals surface area contributed by atoms with Crippen molar-refractivity contribution < 1.29 is 9.18 Å². The van der Waals surface area contributed by atoms with Crippen LogP contribution in [0.15, 0.2) is 48.5 Å². The SMILES string of the molecule is CC(C)(C)c1cc(NC(=O)Nc2cccc(F)c2)n(-c2ccc3c(c2)CCNCC3)n1.Cl. The number of hydrogen-bond acceptors (Lipinski definition) is 3. The summed E-state index contributed by atoms with van der Waals surface area (Å²) >= 11 is 0. The van der Waals surface area contributed by atoms with Gasteiger partial charge in [0.05, 0.1) is 11.4 Å². The second kappa shape index (κ2) is 9.71. The molecule has 170 valence electrons. The van der Waals surface area contributed by atoms with Crippen LogP contribution in [0.4, 0.5) is 20.7 Å². The first-order valence-electron chi connectivity index (χ1n) is 10.6. The molecule has 0 unspecified atom stereocenters. The number of amides is 2. The minimum Gasteiger partial charge on any atom is -0.316 e. The number of carbonyl (C=O) groups is 1. The molecule has 0 aliphatic carbocycles. The van der Waals surface area contributed by atoms with Crippen molar-refractivity contribution in [3.63, 3.8) is 0 Å². The molecule has 0 radical (unpaired) electrons. The first-order valence-corrected chi connectivity index (χ1v) is 10.6. The molecular formula is C24H29ClFN5O. The number of fused-ring (bicyclic) bond motifs is 1. The van der Waals surface area contributed by atoms with Crippen LogP contribution in [0.3, 0.4) is 0 Å². The van der Waals surface area contributed by atoms with Crippen LogP contribution in [0.2, 0.25) is 0 Å². The monoisotopic (exact) mass is 457 g/mol. The molecule has 6 nitrogen and oxygen atoms in total. The van der Waals surface area contributed by atoms with E-state index in [0.29, 0.717) is 11.5 Å². The lowest BCUT2D eigenvalue weighted by Crippen LogP contribution is -2.21. The number of urea groups is 1. The fourth-order valence-corrected chi connectivity index (χ4v) is 3.67. The summed E-state index contributed by atoms with van der Waals surface area (Å²) in [6.07, 6.45) is 1.96. The van der Waals surface area contributed by atoms with Gasteiger partial charge in [-0.2, -0.15) is 5.10 Å². The van der Waals surface area contributed by atoms with Crippen molar-refractivity contribution in [3.8, 4) is 5.69 Å². The highest BCUT2D eigenvalue weighted by molar-refractivity contribution is 5.99. The number of rotatable bonds is 3. The number of carbonyl (C=O) groups excluding carboxylic acids is 1. The highest BCUT2D eigenvalue weighted by atomic mass is 35.5. The lowest BCUT2D eigenvalue weighted by molar-refractivity contribution is 0.262. The van der Waals surface area contributed by atoms with Gasteiger partial charge in [0.2, 0.25) is 0 Å². The van der Waals surface area contributed by atoms with Crippen molar-refractivity contribution in [3.05, 3.63) is 71.2 Å². The van der Waals surface area contributed by atoms with E-state index in [1.807, 2.05) is 12.1 Å². The Hall–Kier alpha value is -2.90. The third-order valence-corrected chi connectivity index (χ3v) is 5.38. The molecular weight excluding hydrogens is 429 g/mol. The van der Waals surface area contributed by atoms with Crippen LogP contribution in [-0.2, 0) is 18.3 Å². The van der Waals surface area contributed by atoms with E-state index < -0.39 is 11.8 Å². The molecule has 3 N–H and O–H groups in total. The summed E-state index contributed by atoms with van der Waals surface area (Å²) in [6, 6.07) is 13.6. The third kappa shape index (κ3) is 5.47. The highest BCUT2D eigenvalue weighted by Crippen LogP contribution is 2.28. The van der Waals surface area contributed by atoms with Gasteiger partial charge < -0.3 is 10.6 Å². The molecule has 3 aromatic rings. The summed E-state index contributed by atoms with van der Waals surface area (Å²) in [6.45, 7) is 8.18. The molecule has 2 amide bonds. The van der Waals surface area contributed by atoms with Crippen molar-refractivity contribution in [1.82, 2.24) is 15.1 Å². The van der Waals surface area contributed by atoms with Gasteiger partial charge in [0.15, 0.2) is 0 Å². The largest absolute Gasteiger partial charge is 0.324 e. The summed E-state index contributed by atoms with van der Waals surface area (Å²) in [4.78, 5) is 12.6. The fraction of sp³-hybridized carbons (Fsp3) is 0.333. The normalized spacial score (nSPS) is 13.5. The highest BCUT2D eigenvalue weighted by Gasteiger charge is 2.22. The number of aromatic nitrogens is 2. The van der Waals surface area contributed by atoms with E-state index in [1.54, 1.807) is 16.8 Å².